The second kappa shape index (κ2) is 8.91. The Kier molecular flexibility index (Phi) is 6.34. The van der Waals surface area contributed by atoms with E-state index in [-0.39, 0.29) is 17.3 Å². The minimum Gasteiger partial charge on any atom is -0.508 e. The lowest BCUT2D eigenvalue weighted by Crippen LogP contribution is -2.34. The van der Waals surface area contributed by atoms with Gasteiger partial charge in [-0.3, -0.25) is 0 Å². The standard InChI is InChI=1S/C21H18ClFN2O2S/c1-27-17-9-6-15(7-10-17)24-21(28)25(13-14-4-2-3-5-20(14)26)16-8-11-19(23)18(22)12-16/h2-12,26H,13H2,1H3,(H,24,28). The van der Waals surface area contributed by atoms with Gasteiger partial charge in [-0.15, -0.1) is 0 Å². The van der Waals surface area contributed by atoms with Crippen LogP contribution in [0.4, 0.5) is 15.8 Å². The number of halogens is 2. The zero-order chi connectivity index (χ0) is 20.1. The molecule has 0 bridgehead atoms. The summed E-state index contributed by atoms with van der Waals surface area (Å²) < 4.78 is 18.8. The number of ether oxygens (including phenoxy) is 1. The molecule has 3 rings (SSSR count). The van der Waals surface area contributed by atoms with Crippen molar-refractivity contribution >= 4 is 40.3 Å². The zero-order valence-electron chi connectivity index (χ0n) is 15.0. The summed E-state index contributed by atoms with van der Waals surface area (Å²) in [6, 6.07) is 18.6. The average Bonchev–Trinajstić information content (AvgIpc) is 2.70. The van der Waals surface area contributed by atoms with Gasteiger partial charge in [0.15, 0.2) is 5.11 Å². The predicted octanol–water partition coefficient (Wildman–Crippen LogP) is 5.60. The number of para-hydroxylation sites is 1. The Morgan fingerprint density at radius 2 is 1.86 bits per heavy atom. The maximum atomic E-state index is 13.6. The topological polar surface area (TPSA) is 44.7 Å². The molecule has 2 N–H and O–H groups in total. The summed E-state index contributed by atoms with van der Waals surface area (Å²) in [6.45, 7) is 0.274. The molecule has 0 unspecified atom stereocenters. The van der Waals surface area contributed by atoms with Crippen molar-refractivity contribution in [2.24, 2.45) is 0 Å². The second-order valence-corrected chi connectivity index (χ2v) is 6.77. The van der Waals surface area contributed by atoms with Gasteiger partial charge < -0.3 is 20.1 Å². The van der Waals surface area contributed by atoms with Gasteiger partial charge in [0.2, 0.25) is 0 Å². The Morgan fingerprint density at radius 3 is 2.50 bits per heavy atom. The molecule has 0 aliphatic heterocycles. The van der Waals surface area contributed by atoms with Crippen molar-refractivity contribution in [1.82, 2.24) is 0 Å². The van der Waals surface area contributed by atoms with E-state index in [9.17, 15) is 9.50 Å². The number of benzene rings is 3. The fraction of sp³-hybridized carbons (Fsp3) is 0.0952. The molecule has 0 fully saturated rings. The smallest absolute Gasteiger partial charge is 0.178 e. The largest absolute Gasteiger partial charge is 0.508 e. The van der Waals surface area contributed by atoms with Crippen molar-refractivity contribution in [3.63, 3.8) is 0 Å². The average molecular weight is 417 g/mol. The van der Waals surface area contributed by atoms with Crippen LogP contribution in [0.5, 0.6) is 11.5 Å². The number of methoxy groups -OCH3 is 1. The summed E-state index contributed by atoms with van der Waals surface area (Å²) in [6.07, 6.45) is 0. The van der Waals surface area contributed by atoms with Crippen LogP contribution in [0.2, 0.25) is 5.02 Å². The molecule has 7 heteroatoms. The van der Waals surface area contributed by atoms with Crippen LogP contribution in [0.25, 0.3) is 0 Å². The molecule has 0 spiro atoms. The molecule has 0 aliphatic rings. The molecule has 0 amide bonds. The first kappa shape index (κ1) is 19.9. The number of phenols is 1. The summed E-state index contributed by atoms with van der Waals surface area (Å²) in [5.74, 6) is 0.364. The lowest BCUT2D eigenvalue weighted by atomic mass is 10.1. The Morgan fingerprint density at radius 1 is 1.14 bits per heavy atom. The number of rotatable bonds is 5. The highest BCUT2D eigenvalue weighted by Crippen LogP contribution is 2.27. The molecule has 0 atom stereocenters. The lowest BCUT2D eigenvalue weighted by molar-refractivity contribution is 0.415. The number of thiocarbonyl (C=S) groups is 1. The quantitative estimate of drug-likeness (QED) is 0.530. The highest BCUT2D eigenvalue weighted by molar-refractivity contribution is 7.80. The van der Waals surface area contributed by atoms with Crippen LogP contribution in [0, 0.1) is 5.82 Å². The predicted molar refractivity (Wildman–Crippen MR) is 115 cm³/mol. The molecular formula is C21H18ClFN2O2S. The fourth-order valence-electron chi connectivity index (χ4n) is 2.61. The van der Waals surface area contributed by atoms with Crippen LogP contribution in [0.3, 0.4) is 0 Å². The fourth-order valence-corrected chi connectivity index (χ4v) is 3.08. The number of anilines is 2. The van der Waals surface area contributed by atoms with Gasteiger partial charge in [-0.05, 0) is 60.7 Å². The van der Waals surface area contributed by atoms with Crippen molar-refractivity contribution in [3.8, 4) is 11.5 Å². The van der Waals surface area contributed by atoms with Crippen LogP contribution in [-0.2, 0) is 6.54 Å². The number of nitrogens with one attached hydrogen (secondary N) is 1. The summed E-state index contributed by atoms with van der Waals surface area (Å²) in [4.78, 5) is 1.74. The zero-order valence-corrected chi connectivity index (χ0v) is 16.6. The van der Waals surface area contributed by atoms with Crippen molar-refractivity contribution < 1.29 is 14.2 Å². The number of nitrogens with zero attached hydrogens (tertiary/aromatic N) is 1. The van der Waals surface area contributed by atoms with E-state index >= 15 is 0 Å². The summed E-state index contributed by atoms with van der Waals surface area (Å²) in [5, 5.41) is 13.7. The maximum Gasteiger partial charge on any atom is 0.178 e. The first-order valence-electron chi connectivity index (χ1n) is 8.42. The number of aromatic hydroxyl groups is 1. The normalized spacial score (nSPS) is 10.4. The molecule has 3 aromatic carbocycles. The van der Waals surface area contributed by atoms with Gasteiger partial charge >= 0.3 is 0 Å². The van der Waals surface area contributed by atoms with Gasteiger partial charge in [-0.2, -0.15) is 0 Å². The van der Waals surface area contributed by atoms with Gasteiger partial charge in [0.25, 0.3) is 0 Å². The van der Waals surface area contributed by atoms with Gasteiger partial charge in [-0.1, -0.05) is 29.8 Å². The Balaban J connectivity index is 1.90. The van der Waals surface area contributed by atoms with Crippen LogP contribution >= 0.6 is 23.8 Å². The molecule has 0 radical (unpaired) electrons. The van der Waals surface area contributed by atoms with Crippen molar-refractivity contribution in [1.29, 1.82) is 0 Å². The van der Waals surface area contributed by atoms with Gasteiger partial charge in [0.05, 0.1) is 18.7 Å². The van der Waals surface area contributed by atoms with Gasteiger partial charge in [0.1, 0.15) is 17.3 Å². The van der Waals surface area contributed by atoms with Crippen LogP contribution < -0.4 is 15.0 Å². The minimum absolute atomic E-state index is 0.00738. The first-order chi connectivity index (χ1) is 13.5. The lowest BCUT2D eigenvalue weighted by Gasteiger charge is -2.27. The van der Waals surface area contributed by atoms with Crippen molar-refractivity contribution in [2.45, 2.75) is 6.54 Å². The molecule has 3 aromatic rings. The summed E-state index contributed by atoms with van der Waals surface area (Å²) in [7, 11) is 1.60. The molecule has 28 heavy (non-hydrogen) atoms. The highest BCUT2D eigenvalue weighted by atomic mass is 35.5. The van der Waals surface area contributed by atoms with E-state index < -0.39 is 5.82 Å². The minimum atomic E-state index is -0.512. The molecule has 0 saturated heterocycles. The van der Waals surface area contributed by atoms with E-state index in [2.05, 4.69) is 5.32 Å². The first-order valence-corrected chi connectivity index (χ1v) is 9.21. The summed E-state index contributed by atoms with van der Waals surface area (Å²) in [5.41, 5.74) is 2.03. The van der Waals surface area contributed by atoms with E-state index in [1.807, 2.05) is 30.3 Å². The van der Waals surface area contributed by atoms with Crippen LogP contribution in [0.1, 0.15) is 5.56 Å². The Hall–Kier alpha value is -2.83. The van der Waals surface area contributed by atoms with Gasteiger partial charge in [0, 0.05) is 16.9 Å². The summed E-state index contributed by atoms with van der Waals surface area (Å²) >= 11 is 11.5. The number of hydrogen-bond donors (Lipinski definition) is 2. The molecule has 0 heterocycles. The van der Waals surface area contributed by atoms with E-state index in [0.29, 0.717) is 16.4 Å². The Labute approximate surface area is 173 Å². The molecule has 0 aromatic heterocycles. The molecule has 0 saturated carbocycles. The highest BCUT2D eigenvalue weighted by Gasteiger charge is 2.16. The van der Waals surface area contributed by atoms with Crippen molar-refractivity contribution in [2.75, 3.05) is 17.3 Å². The molecule has 4 nitrogen and oxygen atoms in total. The number of hydrogen-bond acceptors (Lipinski definition) is 3. The van der Waals surface area contributed by atoms with E-state index in [1.165, 1.54) is 12.1 Å². The van der Waals surface area contributed by atoms with E-state index in [0.717, 1.165) is 11.4 Å². The SMILES string of the molecule is COc1ccc(NC(=S)N(Cc2ccccc2O)c2ccc(F)c(Cl)c2)cc1. The monoisotopic (exact) mass is 416 g/mol. The third kappa shape index (κ3) is 4.71. The third-order valence-corrected chi connectivity index (χ3v) is 4.73. The van der Waals surface area contributed by atoms with E-state index in [1.54, 1.807) is 36.3 Å². The Bertz CT molecular complexity index is 982. The van der Waals surface area contributed by atoms with Gasteiger partial charge in [-0.25, -0.2) is 4.39 Å². The maximum absolute atomic E-state index is 13.6. The second-order valence-electron chi connectivity index (χ2n) is 5.97. The number of phenolic OH excluding ortho intramolecular Hbond substituents is 1. The van der Waals surface area contributed by atoms with Crippen LogP contribution in [-0.4, -0.2) is 17.3 Å². The molecular weight excluding hydrogens is 399 g/mol. The van der Waals surface area contributed by atoms with Crippen LogP contribution in [0.15, 0.2) is 66.7 Å². The van der Waals surface area contributed by atoms with E-state index in [4.69, 9.17) is 28.6 Å². The third-order valence-electron chi connectivity index (χ3n) is 4.12. The van der Waals surface area contributed by atoms with Crippen molar-refractivity contribution in [3.05, 3.63) is 83.1 Å². The molecule has 0 aliphatic carbocycles. The molecule has 144 valence electrons.